The molecule has 0 atom stereocenters. The van der Waals surface area contributed by atoms with Gasteiger partial charge in [0, 0.05) is 0 Å². The average Bonchev–Trinajstić information content (AvgIpc) is 2.55. The van der Waals surface area contributed by atoms with E-state index in [9.17, 15) is 4.79 Å². The molecule has 0 amide bonds. The summed E-state index contributed by atoms with van der Waals surface area (Å²) in [6.07, 6.45) is 0. The number of nitriles is 1. The monoisotopic (exact) mass is 278 g/mol. The van der Waals surface area contributed by atoms with E-state index in [1.807, 2.05) is 6.07 Å². The quantitative estimate of drug-likeness (QED) is 0.728. The lowest BCUT2D eigenvalue weighted by Crippen LogP contribution is -2.26. The third-order valence-electron chi connectivity index (χ3n) is 2.97. The second-order valence-electron chi connectivity index (χ2n) is 4.32. The van der Waals surface area contributed by atoms with Crippen LogP contribution >= 0.6 is 0 Å². The van der Waals surface area contributed by atoms with E-state index >= 15 is 0 Å². The van der Waals surface area contributed by atoms with Crippen LogP contribution in [0.3, 0.4) is 0 Å². The highest BCUT2D eigenvalue weighted by Crippen LogP contribution is 2.11. The van der Waals surface area contributed by atoms with Crippen LogP contribution in [-0.4, -0.2) is 15.0 Å². The fourth-order valence-electron chi connectivity index (χ4n) is 1.87. The van der Waals surface area contributed by atoms with Crippen molar-refractivity contribution in [3.8, 4) is 11.8 Å². The van der Waals surface area contributed by atoms with Crippen LogP contribution in [0.1, 0.15) is 5.56 Å². The minimum atomic E-state index is -0.255. The van der Waals surface area contributed by atoms with Crippen LogP contribution in [0.25, 0.3) is 10.9 Å². The number of nitrogens with zero attached hydrogens (tertiary/aromatic N) is 4. The molecular formula is C15H10N4O2. The number of ether oxygens (including phenoxy) is 1. The number of hydrogen-bond acceptors (Lipinski definition) is 5. The van der Waals surface area contributed by atoms with E-state index < -0.39 is 0 Å². The van der Waals surface area contributed by atoms with Gasteiger partial charge in [0.25, 0.3) is 5.56 Å². The summed E-state index contributed by atoms with van der Waals surface area (Å²) in [5.74, 6) is 0.552. The van der Waals surface area contributed by atoms with Crippen molar-refractivity contribution in [1.82, 2.24) is 15.0 Å². The molecule has 0 aliphatic carbocycles. The highest BCUT2D eigenvalue weighted by atomic mass is 16.5. The van der Waals surface area contributed by atoms with Gasteiger partial charge in [-0.2, -0.15) is 9.94 Å². The van der Waals surface area contributed by atoms with Gasteiger partial charge in [-0.3, -0.25) is 4.79 Å². The topological polar surface area (TPSA) is 80.8 Å². The molecule has 2 aromatic carbocycles. The Bertz CT molecular complexity index is 879. The van der Waals surface area contributed by atoms with E-state index in [1.165, 1.54) is 0 Å². The number of rotatable bonds is 3. The molecule has 1 aromatic heterocycles. The van der Waals surface area contributed by atoms with E-state index in [4.69, 9.17) is 10.00 Å². The molecule has 6 heteroatoms. The van der Waals surface area contributed by atoms with Crippen LogP contribution in [-0.2, 0) is 6.73 Å². The zero-order valence-corrected chi connectivity index (χ0v) is 10.9. The Balaban J connectivity index is 1.83. The zero-order valence-electron chi connectivity index (χ0n) is 10.9. The Hall–Kier alpha value is -3.20. The minimum absolute atomic E-state index is 0.0391. The summed E-state index contributed by atoms with van der Waals surface area (Å²) >= 11 is 0. The highest BCUT2D eigenvalue weighted by molar-refractivity contribution is 5.76. The summed E-state index contributed by atoms with van der Waals surface area (Å²) in [7, 11) is 0. The molecule has 3 rings (SSSR count). The lowest BCUT2D eigenvalue weighted by atomic mass is 10.2. The maximum atomic E-state index is 12.2. The van der Waals surface area contributed by atoms with E-state index in [1.54, 1.807) is 48.5 Å². The second kappa shape index (κ2) is 5.43. The molecule has 21 heavy (non-hydrogen) atoms. The number of fused-ring (bicyclic) bond motifs is 1. The first-order valence-corrected chi connectivity index (χ1v) is 6.23. The molecule has 0 spiro atoms. The van der Waals surface area contributed by atoms with Crippen LogP contribution in [0.4, 0.5) is 0 Å². The van der Waals surface area contributed by atoms with Gasteiger partial charge in [0.15, 0.2) is 6.73 Å². The first-order chi connectivity index (χ1) is 10.3. The van der Waals surface area contributed by atoms with E-state index in [0.29, 0.717) is 22.2 Å². The maximum absolute atomic E-state index is 12.2. The largest absolute Gasteiger partial charge is 0.471 e. The molecule has 1 heterocycles. The van der Waals surface area contributed by atoms with E-state index in [-0.39, 0.29) is 12.3 Å². The van der Waals surface area contributed by atoms with Gasteiger partial charge in [0.2, 0.25) is 0 Å². The molecule has 3 aromatic rings. The SMILES string of the molecule is N#Cc1ccc(OCn2nnc3ccccc3c2=O)cc1. The number of hydrogen-bond donors (Lipinski definition) is 0. The third kappa shape index (κ3) is 2.58. The summed E-state index contributed by atoms with van der Waals surface area (Å²) in [5.41, 5.74) is 0.844. The Morgan fingerprint density at radius 3 is 2.67 bits per heavy atom. The average molecular weight is 278 g/mol. The van der Waals surface area contributed by atoms with Crippen molar-refractivity contribution >= 4 is 10.9 Å². The van der Waals surface area contributed by atoms with Crippen molar-refractivity contribution in [3.05, 3.63) is 64.4 Å². The molecule has 6 nitrogen and oxygen atoms in total. The molecular weight excluding hydrogens is 268 g/mol. The van der Waals surface area contributed by atoms with Crippen LogP contribution < -0.4 is 10.3 Å². The maximum Gasteiger partial charge on any atom is 0.280 e. The van der Waals surface area contributed by atoms with Gasteiger partial charge in [0.1, 0.15) is 11.3 Å². The van der Waals surface area contributed by atoms with Crippen LogP contribution in [0, 0.1) is 11.3 Å². The van der Waals surface area contributed by atoms with Crippen molar-refractivity contribution in [2.75, 3.05) is 0 Å². The van der Waals surface area contributed by atoms with Crippen LogP contribution in [0.15, 0.2) is 53.3 Å². The molecule has 0 unspecified atom stereocenters. The summed E-state index contributed by atoms with van der Waals surface area (Å²) in [4.78, 5) is 12.2. The number of benzene rings is 2. The molecule has 0 radical (unpaired) electrons. The van der Waals surface area contributed by atoms with Crippen molar-refractivity contribution in [2.45, 2.75) is 6.73 Å². The normalized spacial score (nSPS) is 10.2. The molecule has 0 saturated heterocycles. The van der Waals surface area contributed by atoms with Gasteiger partial charge in [-0.05, 0) is 36.4 Å². The summed E-state index contributed by atoms with van der Waals surface area (Å²) in [6.45, 7) is -0.0391. The second-order valence-corrected chi connectivity index (χ2v) is 4.32. The van der Waals surface area contributed by atoms with Crippen molar-refractivity contribution in [3.63, 3.8) is 0 Å². The van der Waals surface area contributed by atoms with Gasteiger partial charge in [0.05, 0.1) is 17.0 Å². The predicted octanol–water partition coefficient (Wildman–Crippen LogP) is 1.70. The van der Waals surface area contributed by atoms with Gasteiger partial charge in [-0.1, -0.05) is 17.3 Å². The van der Waals surface area contributed by atoms with E-state index in [0.717, 1.165) is 4.68 Å². The van der Waals surface area contributed by atoms with Gasteiger partial charge >= 0.3 is 0 Å². The molecule has 0 N–H and O–H groups in total. The minimum Gasteiger partial charge on any atom is -0.471 e. The molecule has 102 valence electrons. The third-order valence-corrected chi connectivity index (χ3v) is 2.97. The summed E-state index contributed by atoms with van der Waals surface area (Å²) < 4.78 is 6.63. The summed E-state index contributed by atoms with van der Waals surface area (Å²) in [6, 6.07) is 15.6. The Labute approximate surface area is 119 Å². The van der Waals surface area contributed by atoms with E-state index in [2.05, 4.69) is 10.3 Å². The fourth-order valence-corrected chi connectivity index (χ4v) is 1.87. The molecule has 0 bridgehead atoms. The van der Waals surface area contributed by atoms with Gasteiger partial charge in [-0.25, -0.2) is 0 Å². The molecule has 0 saturated carbocycles. The van der Waals surface area contributed by atoms with Gasteiger partial charge in [-0.15, -0.1) is 5.10 Å². The molecule has 0 fully saturated rings. The van der Waals surface area contributed by atoms with Gasteiger partial charge < -0.3 is 4.74 Å². The van der Waals surface area contributed by atoms with Crippen molar-refractivity contribution in [1.29, 1.82) is 5.26 Å². The lowest BCUT2D eigenvalue weighted by molar-refractivity contribution is 0.210. The fraction of sp³-hybridized carbons (Fsp3) is 0.0667. The molecule has 0 aliphatic heterocycles. The standard InChI is InChI=1S/C15H10N4O2/c16-9-11-5-7-12(8-6-11)21-10-19-15(20)13-3-1-2-4-14(13)17-18-19/h1-8H,10H2. The Kier molecular flexibility index (Phi) is 3.31. The zero-order chi connectivity index (χ0) is 14.7. The summed E-state index contributed by atoms with van der Waals surface area (Å²) in [5, 5.41) is 17.0. The van der Waals surface area contributed by atoms with Crippen molar-refractivity contribution in [2.24, 2.45) is 0 Å². The number of aromatic nitrogens is 3. The van der Waals surface area contributed by atoms with Crippen molar-refractivity contribution < 1.29 is 4.74 Å². The van der Waals surface area contributed by atoms with Crippen LogP contribution in [0.5, 0.6) is 5.75 Å². The highest BCUT2D eigenvalue weighted by Gasteiger charge is 2.05. The predicted molar refractivity (Wildman–Crippen MR) is 75.6 cm³/mol. The molecule has 0 aliphatic rings. The Morgan fingerprint density at radius 1 is 1.14 bits per heavy atom. The van der Waals surface area contributed by atoms with Crippen LogP contribution in [0.2, 0.25) is 0 Å². The first kappa shape index (κ1) is 12.8. The Morgan fingerprint density at radius 2 is 1.90 bits per heavy atom. The first-order valence-electron chi connectivity index (χ1n) is 6.23. The smallest absolute Gasteiger partial charge is 0.280 e. The lowest BCUT2D eigenvalue weighted by Gasteiger charge is -2.07.